The number of rotatable bonds is 6. The number of ether oxygens (including phenoxy) is 1. The van der Waals surface area contributed by atoms with Gasteiger partial charge in [-0.1, -0.05) is 12.1 Å². The van der Waals surface area contributed by atoms with E-state index in [0.29, 0.717) is 22.7 Å². The molecule has 7 heteroatoms. The van der Waals surface area contributed by atoms with Gasteiger partial charge in [0, 0.05) is 21.5 Å². The van der Waals surface area contributed by atoms with Gasteiger partial charge in [0.15, 0.2) is 0 Å². The number of hydrogen-bond acceptors (Lipinski definition) is 5. The number of anilines is 1. The van der Waals surface area contributed by atoms with Gasteiger partial charge in [-0.2, -0.15) is 0 Å². The Balaban J connectivity index is 1.85. The Morgan fingerprint density at radius 2 is 2.09 bits per heavy atom. The molecule has 4 nitrogen and oxygen atoms in total. The van der Waals surface area contributed by atoms with Gasteiger partial charge >= 0.3 is 5.97 Å². The fourth-order valence-electron chi connectivity index (χ4n) is 1.69. The molecule has 1 heterocycles. The molecule has 0 radical (unpaired) electrons. The Bertz CT molecular complexity index is 672. The van der Waals surface area contributed by atoms with Gasteiger partial charge in [0.2, 0.25) is 5.91 Å². The van der Waals surface area contributed by atoms with E-state index in [1.54, 1.807) is 23.2 Å². The summed E-state index contributed by atoms with van der Waals surface area (Å²) >= 11 is 6.33. The average Bonchev–Trinajstić information content (AvgIpc) is 2.96. The molecule has 0 fully saturated rings. The van der Waals surface area contributed by atoms with E-state index >= 15 is 0 Å². The summed E-state index contributed by atoms with van der Waals surface area (Å²) in [6.07, 6.45) is 0.364. The first-order valence-corrected chi connectivity index (χ1v) is 9.10. The normalized spacial score (nSPS) is 10.3. The van der Waals surface area contributed by atoms with Crippen LogP contribution in [-0.4, -0.2) is 24.7 Å². The summed E-state index contributed by atoms with van der Waals surface area (Å²) in [5.74, 6) is 0.0996. The van der Waals surface area contributed by atoms with E-state index in [-0.39, 0.29) is 5.91 Å². The van der Waals surface area contributed by atoms with Crippen molar-refractivity contribution in [2.24, 2.45) is 0 Å². The number of thiophene rings is 1. The predicted octanol–water partition coefficient (Wildman–Crippen LogP) is 4.42. The lowest BCUT2D eigenvalue weighted by Crippen LogP contribution is -2.14. The lowest BCUT2D eigenvalue weighted by atomic mass is 10.3. The number of thioether (sulfide) groups is 1. The van der Waals surface area contributed by atoms with Crippen LogP contribution < -0.4 is 5.32 Å². The number of hydrogen-bond donors (Lipinski definition) is 1. The summed E-state index contributed by atoms with van der Waals surface area (Å²) in [6, 6.07) is 9.58. The molecule has 1 amide bonds. The number of carbonyl (C=O) groups is 2. The minimum absolute atomic E-state index is 0.122. The number of benzene rings is 1. The third-order valence-electron chi connectivity index (χ3n) is 2.73. The molecule has 0 spiro atoms. The summed E-state index contributed by atoms with van der Waals surface area (Å²) in [5.41, 5.74) is 0.507. The van der Waals surface area contributed by atoms with Gasteiger partial charge in [-0.05, 0) is 39.5 Å². The van der Waals surface area contributed by atoms with Crippen molar-refractivity contribution in [2.45, 2.75) is 11.3 Å². The first-order chi connectivity index (χ1) is 10.6. The highest BCUT2D eigenvalue weighted by molar-refractivity contribution is 9.10. The van der Waals surface area contributed by atoms with Crippen molar-refractivity contribution in [3.05, 3.63) is 45.1 Å². The number of esters is 1. The highest BCUT2D eigenvalue weighted by atomic mass is 79.9. The zero-order chi connectivity index (χ0) is 15.9. The Labute approximate surface area is 145 Å². The zero-order valence-electron chi connectivity index (χ0n) is 11.8. The molecular formula is C15H14BrNO3S2. The molecule has 1 aromatic heterocycles. The van der Waals surface area contributed by atoms with Gasteiger partial charge in [-0.25, -0.2) is 4.79 Å². The zero-order valence-corrected chi connectivity index (χ0v) is 15.0. The van der Waals surface area contributed by atoms with Gasteiger partial charge in [-0.15, -0.1) is 23.1 Å². The average molecular weight is 400 g/mol. The van der Waals surface area contributed by atoms with Crippen LogP contribution in [-0.2, 0) is 9.53 Å². The quantitative estimate of drug-likeness (QED) is 0.576. The molecule has 1 aromatic carbocycles. The first-order valence-electron chi connectivity index (χ1n) is 6.45. The first kappa shape index (κ1) is 17.1. The van der Waals surface area contributed by atoms with Crippen LogP contribution in [0.3, 0.4) is 0 Å². The second-order valence-electron chi connectivity index (χ2n) is 4.23. The molecule has 0 aliphatic carbocycles. The molecule has 0 unspecified atom stereocenters. The molecule has 0 saturated carbocycles. The van der Waals surface area contributed by atoms with Gasteiger partial charge < -0.3 is 10.1 Å². The molecule has 0 atom stereocenters. The summed E-state index contributed by atoms with van der Waals surface area (Å²) in [4.78, 5) is 25.0. The minimum Gasteiger partial charge on any atom is -0.465 e. The monoisotopic (exact) mass is 399 g/mol. The fraction of sp³-hybridized carbons (Fsp3) is 0.200. The molecule has 0 aliphatic heterocycles. The Morgan fingerprint density at radius 1 is 1.32 bits per heavy atom. The summed E-state index contributed by atoms with van der Waals surface area (Å²) < 4.78 is 5.70. The molecule has 0 saturated heterocycles. The molecular weight excluding hydrogens is 386 g/mol. The maximum absolute atomic E-state index is 12.0. The lowest BCUT2D eigenvalue weighted by molar-refractivity contribution is -0.115. The van der Waals surface area contributed by atoms with E-state index in [1.807, 2.05) is 24.3 Å². The fourth-order valence-corrected chi connectivity index (χ4v) is 3.97. The second-order valence-corrected chi connectivity index (χ2v) is 7.14. The lowest BCUT2D eigenvalue weighted by Gasteiger charge is -2.06. The van der Waals surface area contributed by atoms with Gasteiger partial charge in [0.05, 0.1) is 12.8 Å². The third-order valence-corrected chi connectivity index (χ3v) is 5.66. The summed E-state index contributed by atoms with van der Waals surface area (Å²) in [7, 11) is 1.32. The van der Waals surface area contributed by atoms with Gasteiger partial charge in [0.1, 0.15) is 4.88 Å². The summed E-state index contributed by atoms with van der Waals surface area (Å²) in [6.45, 7) is 0. The Hall–Kier alpha value is -1.31. The van der Waals surface area contributed by atoms with Gasteiger partial charge in [0.25, 0.3) is 0 Å². The van der Waals surface area contributed by atoms with E-state index in [2.05, 4.69) is 26.0 Å². The van der Waals surface area contributed by atoms with E-state index in [1.165, 1.54) is 18.4 Å². The Morgan fingerprint density at radius 3 is 2.82 bits per heavy atom. The van der Waals surface area contributed by atoms with Crippen molar-refractivity contribution >= 4 is 56.6 Å². The van der Waals surface area contributed by atoms with Crippen molar-refractivity contribution in [1.29, 1.82) is 0 Å². The van der Waals surface area contributed by atoms with Crippen LogP contribution >= 0.6 is 39.0 Å². The highest BCUT2D eigenvalue weighted by Crippen LogP contribution is 2.28. The van der Waals surface area contributed by atoms with Crippen LogP contribution in [0.1, 0.15) is 16.1 Å². The Kier molecular flexibility index (Phi) is 6.48. The molecule has 1 N–H and O–H groups in total. The molecule has 2 aromatic rings. The predicted molar refractivity (Wildman–Crippen MR) is 93.8 cm³/mol. The molecule has 0 aliphatic rings. The van der Waals surface area contributed by atoms with Crippen molar-refractivity contribution in [2.75, 3.05) is 18.2 Å². The molecule has 2 rings (SSSR count). The number of carbonyl (C=O) groups excluding carboxylic acids is 2. The largest absolute Gasteiger partial charge is 0.465 e. The van der Waals surface area contributed by atoms with Crippen LogP contribution in [0.15, 0.2) is 45.1 Å². The van der Waals surface area contributed by atoms with Crippen molar-refractivity contribution in [3.63, 3.8) is 0 Å². The van der Waals surface area contributed by atoms with Crippen LogP contribution in [0.5, 0.6) is 0 Å². The van der Waals surface area contributed by atoms with E-state index in [4.69, 9.17) is 0 Å². The number of halogens is 1. The maximum atomic E-state index is 12.0. The molecule has 0 bridgehead atoms. The standard InChI is InChI=1S/C15H14BrNO3S2/c1-20-15(19)14-11(6-8-22-14)17-13(18)7-9-21-12-5-3-2-4-10(12)16/h2-6,8H,7,9H2,1H3,(H,17,18). The number of nitrogens with one attached hydrogen (secondary N) is 1. The number of methoxy groups -OCH3 is 1. The van der Waals surface area contributed by atoms with Crippen LogP contribution in [0.4, 0.5) is 5.69 Å². The minimum atomic E-state index is -0.437. The topological polar surface area (TPSA) is 55.4 Å². The van der Waals surface area contributed by atoms with Crippen molar-refractivity contribution in [3.8, 4) is 0 Å². The van der Waals surface area contributed by atoms with E-state index < -0.39 is 5.97 Å². The summed E-state index contributed by atoms with van der Waals surface area (Å²) in [5, 5.41) is 4.50. The van der Waals surface area contributed by atoms with Crippen molar-refractivity contribution in [1.82, 2.24) is 0 Å². The van der Waals surface area contributed by atoms with Crippen LogP contribution in [0.25, 0.3) is 0 Å². The van der Waals surface area contributed by atoms with Crippen LogP contribution in [0, 0.1) is 0 Å². The van der Waals surface area contributed by atoms with Crippen LogP contribution in [0.2, 0.25) is 0 Å². The molecule has 116 valence electrons. The third kappa shape index (κ3) is 4.59. The number of amides is 1. The van der Waals surface area contributed by atoms with E-state index in [9.17, 15) is 9.59 Å². The van der Waals surface area contributed by atoms with Crippen molar-refractivity contribution < 1.29 is 14.3 Å². The molecule has 22 heavy (non-hydrogen) atoms. The van der Waals surface area contributed by atoms with E-state index in [0.717, 1.165) is 9.37 Å². The SMILES string of the molecule is COC(=O)c1sccc1NC(=O)CCSc1ccccc1Br. The maximum Gasteiger partial charge on any atom is 0.350 e. The highest BCUT2D eigenvalue weighted by Gasteiger charge is 2.15. The smallest absolute Gasteiger partial charge is 0.350 e. The second kappa shape index (κ2) is 8.36. The van der Waals surface area contributed by atoms with Gasteiger partial charge in [-0.3, -0.25) is 4.79 Å².